The van der Waals surface area contributed by atoms with E-state index in [9.17, 15) is 0 Å². The average molecular weight is 1060 g/mol. The molecule has 10 nitrogen and oxygen atoms in total. The predicted molar refractivity (Wildman–Crippen MR) is 330 cm³/mol. The van der Waals surface area contributed by atoms with Crippen LogP contribution in [0, 0.1) is 0 Å². The van der Waals surface area contributed by atoms with Gasteiger partial charge in [0.1, 0.15) is 46.0 Å². The van der Waals surface area contributed by atoms with Crippen LogP contribution in [0.25, 0.3) is 55.9 Å². The van der Waals surface area contributed by atoms with Crippen LogP contribution in [-0.2, 0) is 0 Å². The quantitative estimate of drug-likeness (QED) is 0.0728. The van der Waals surface area contributed by atoms with E-state index in [1.807, 2.05) is 196 Å². The summed E-state index contributed by atoms with van der Waals surface area (Å²) in [6.07, 6.45) is 3.77. The third-order valence-electron chi connectivity index (χ3n) is 11.1. The molecule has 10 heteroatoms. The van der Waals surface area contributed by atoms with Crippen LogP contribution in [0.3, 0.4) is 0 Å². The van der Waals surface area contributed by atoms with Crippen molar-refractivity contribution in [2.24, 2.45) is 0 Å². The van der Waals surface area contributed by atoms with E-state index >= 15 is 0 Å². The van der Waals surface area contributed by atoms with Crippen LogP contribution in [0.2, 0.25) is 0 Å². The Bertz CT molecular complexity index is 2950. The molecule has 0 amide bonds. The molecule has 78 heavy (non-hydrogen) atoms. The van der Waals surface area contributed by atoms with Crippen molar-refractivity contribution in [3.63, 3.8) is 0 Å². The summed E-state index contributed by atoms with van der Waals surface area (Å²) in [4.78, 5) is 9.25. The highest BCUT2D eigenvalue weighted by Gasteiger charge is 2.07. The Hall–Kier alpha value is -8.76. The Balaban J connectivity index is 0.00000139. The molecule has 0 unspecified atom stereocenters. The predicted octanol–water partition coefficient (Wildman–Crippen LogP) is 19.2. The van der Waals surface area contributed by atoms with Crippen molar-refractivity contribution in [2.75, 3.05) is 41.0 Å². The van der Waals surface area contributed by atoms with Crippen molar-refractivity contribution in [1.82, 2.24) is 9.97 Å². The normalized spacial score (nSPS) is 9.44. The molecule has 2 aromatic heterocycles. The summed E-state index contributed by atoms with van der Waals surface area (Å²) >= 11 is 0. The minimum atomic E-state index is 0. The molecule has 2 heterocycles. The van der Waals surface area contributed by atoms with E-state index in [4.69, 9.17) is 37.9 Å². The summed E-state index contributed by atoms with van der Waals surface area (Å²) < 4.78 is 44.3. The molecule has 0 aliphatic heterocycles. The lowest BCUT2D eigenvalue weighted by Crippen LogP contribution is -2.05. The molecule has 0 N–H and O–H groups in total. The fourth-order valence-corrected chi connectivity index (χ4v) is 7.27. The van der Waals surface area contributed by atoms with Crippen LogP contribution < -0.4 is 37.9 Å². The lowest BCUT2D eigenvalue weighted by atomic mass is 10.1. The van der Waals surface area contributed by atoms with Gasteiger partial charge >= 0.3 is 0 Å². The number of pyridine rings is 2. The smallest absolute Gasteiger partial charge is 0.230 e. The molecule has 0 spiro atoms. The monoisotopic (exact) mass is 1060 g/mol. The Morgan fingerprint density at radius 2 is 0.449 bits per heavy atom. The summed E-state index contributed by atoms with van der Waals surface area (Å²) in [5, 5.41) is 0. The fraction of sp³-hybridized carbons (Fsp3) is 0.235. The third kappa shape index (κ3) is 19.4. The first-order valence-electron chi connectivity index (χ1n) is 23.0. The molecular weight excluding hydrogens is 973 g/mol. The summed E-state index contributed by atoms with van der Waals surface area (Å²) in [5.41, 5.74) is 10.4. The van der Waals surface area contributed by atoms with Gasteiger partial charge in [0, 0.05) is 34.6 Å². The Kier molecular flexibility index (Phi) is 31.5. The van der Waals surface area contributed by atoms with E-state index in [1.165, 1.54) is 0 Å². The second-order valence-electron chi connectivity index (χ2n) is 15.6. The number of rotatable bonds is 19. The van der Waals surface area contributed by atoms with Gasteiger partial charge in [-0.2, -0.15) is 0 Å². The zero-order valence-corrected chi connectivity index (χ0v) is 39.6. The first-order valence-corrected chi connectivity index (χ1v) is 23.0. The Morgan fingerprint density at radius 3 is 0.679 bits per heavy atom. The molecule has 0 saturated carbocycles. The average Bonchev–Trinajstić information content (AvgIpc) is 3.43. The molecule has 0 radical (unpaired) electrons. The van der Waals surface area contributed by atoms with Gasteiger partial charge in [0.05, 0.1) is 38.8 Å². The first kappa shape index (κ1) is 69.2. The van der Waals surface area contributed by atoms with Gasteiger partial charge in [-0.3, -0.25) is 9.97 Å². The SMILES string of the molecule is C.C.C.C.C.C.C.C.CCOc1ccc(-c2ccc(OCOc3ccc(-c4ccc(-c5ccc(OC)cc5)cn4)cc3)cc2)cc1.CCOc1ccc(OCOc2ccc(-c3ccc(-c4ccc(OC)cc4)cn3)cc2)cc1. The first-order chi connectivity index (χ1) is 34.5. The number of hydrogen-bond donors (Lipinski definition) is 0. The summed E-state index contributed by atoms with van der Waals surface area (Å²) in [6, 6.07) is 63.2. The van der Waals surface area contributed by atoms with Gasteiger partial charge in [-0.1, -0.05) is 120 Å². The van der Waals surface area contributed by atoms with E-state index in [0.717, 1.165) is 102 Å². The molecule has 0 bridgehead atoms. The zero-order valence-electron chi connectivity index (χ0n) is 39.6. The number of benzene rings is 7. The van der Waals surface area contributed by atoms with Gasteiger partial charge in [0.2, 0.25) is 13.6 Å². The van der Waals surface area contributed by atoms with Crippen molar-refractivity contribution in [3.05, 3.63) is 207 Å². The highest BCUT2D eigenvalue weighted by molar-refractivity contribution is 5.69. The zero-order chi connectivity index (χ0) is 48.3. The van der Waals surface area contributed by atoms with Gasteiger partial charge in [-0.25, -0.2) is 0 Å². The van der Waals surface area contributed by atoms with Crippen LogP contribution in [0.1, 0.15) is 73.3 Å². The van der Waals surface area contributed by atoms with E-state index in [0.29, 0.717) is 13.2 Å². The van der Waals surface area contributed by atoms with Gasteiger partial charge in [0.15, 0.2) is 0 Å². The largest absolute Gasteiger partial charge is 0.497 e. The Morgan fingerprint density at radius 1 is 0.244 bits per heavy atom. The maximum Gasteiger partial charge on any atom is 0.230 e. The number of aromatic nitrogens is 2. The fourth-order valence-electron chi connectivity index (χ4n) is 7.27. The highest BCUT2D eigenvalue weighted by atomic mass is 16.7. The van der Waals surface area contributed by atoms with Crippen molar-refractivity contribution in [3.8, 4) is 102 Å². The van der Waals surface area contributed by atoms with E-state index in [1.54, 1.807) is 14.2 Å². The minimum Gasteiger partial charge on any atom is -0.497 e. The molecule has 0 aliphatic rings. The number of nitrogens with zero attached hydrogens (tertiary/aromatic N) is 2. The third-order valence-corrected chi connectivity index (χ3v) is 11.1. The molecule has 9 rings (SSSR count). The van der Waals surface area contributed by atoms with Crippen molar-refractivity contribution in [2.45, 2.75) is 73.3 Å². The molecule has 0 aliphatic carbocycles. The van der Waals surface area contributed by atoms with E-state index in [2.05, 4.69) is 34.2 Å². The maximum atomic E-state index is 5.78. The van der Waals surface area contributed by atoms with Crippen LogP contribution in [0.15, 0.2) is 207 Å². The van der Waals surface area contributed by atoms with Gasteiger partial charge in [-0.15, -0.1) is 0 Å². The van der Waals surface area contributed by atoms with Crippen LogP contribution in [0.5, 0.6) is 46.0 Å². The lowest BCUT2D eigenvalue weighted by Gasteiger charge is -2.10. The minimum absolute atomic E-state index is 0. The summed E-state index contributed by atoms with van der Waals surface area (Å²) in [5.74, 6) is 6.31. The molecule has 0 fully saturated rings. The van der Waals surface area contributed by atoms with Crippen molar-refractivity contribution < 1.29 is 37.9 Å². The standard InChI is InChI=1S/C33H29NO4.C27H25NO4.8CH4/c1-3-36-30-15-6-24(7-16-30)25-8-17-31(18-9-25)37-23-38-32-19-10-27(11-20-32)33-21-12-28(22-34-33)26-4-13-29(35-2)14-5-26;1-3-30-24-13-15-26(16-14-24)32-19-31-25-11-6-21(7-12-25)27-17-8-22(18-28-27)20-4-9-23(29-2)10-5-20;;;;;;;;/h4-22H,3,23H2,1-2H3;4-18H,3,19H2,1-2H3;8*1H4. The number of hydrogen-bond acceptors (Lipinski definition) is 10. The van der Waals surface area contributed by atoms with Gasteiger partial charge < -0.3 is 37.9 Å². The molecule has 416 valence electrons. The topological polar surface area (TPSA) is 99.6 Å². The van der Waals surface area contributed by atoms with Crippen LogP contribution in [0.4, 0.5) is 0 Å². The van der Waals surface area contributed by atoms with Crippen LogP contribution in [-0.4, -0.2) is 51.0 Å². The van der Waals surface area contributed by atoms with Crippen molar-refractivity contribution in [1.29, 1.82) is 0 Å². The van der Waals surface area contributed by atoms with Gasteiger partial charge in [0.25, 0.3) is 0 Å². The number of methoxy groups -OCH3 is 2. The molecular formula is C68H86N2O8. The van der Waals surface area contributed by atoms with E-state index in [-0.39, 0.29) is 73.0 Å². The van der Waals surface area contributed by atoms with E-state index < -0.39 is 0 Å². The molecule has 0 atom stereocenters. The second kappa shape index (κ2) is 35.5. The highest BCUT2D eigenvalue weighted by Crippen LogP contribution is 2.29. The summed E-state index contributed by atoms with van der Waals surface area (Å²) in [7, 11) is 3.33. The molecule has 0 saturated heterocycles. The lowest BCUT2D eigenvalue weighted by molar-refractivity contribution is 0.119. The second-order valence-corrected chi connectivity index (χ2v) is 15.6. The van der Waals surface area contributed by atoms with Gasteiger partial charge in [-0.05, 0) is 170 Å². The van der Waals surface area contributed by atoms with Crippen molar-refractivity contribution >= 4 is 0 Å². The summed E-state index contributed by atoms with van der Waals surface area (Å²) in [6.45, 7) is 5.49. The maximum absolute atomic E-state index is 5.78. The molecule has 7 aromatic carbocycles. The van der Waals surface area contributed by atoms with Crippen LogP contribution >= 0.6 is 0 Å². The Labute approximate surface area is 468 Å². The number of ether oxygens (including phenoxy) is 8. The molecule has 9 aromatic rings.